The fraction of sp³-hybridized carbons (Fsp3) is 0.941. The van der Waals surface area contributed by atoms with Crippen LogP contribution in [0, 0.1) is 0 Å². The molecule has 0 aromatic rings. The van der Waals surface area contributed by atoms with Gasteiger partial charge in [-0.25, -0.2) is 0 Å². The second-order valence-electron chi connectivity index (χ2n) is 7.15. The monoisotopic (exact) mass is 349 g/mol. The highest BCUT2D eigenvalue weighted by Crippen LogP contribution is 2.23. The normalized spacial score (nSPS) is 21.5. The highest BCUT2D eigenvalue weighted by atomic mass is 19.4. The summed E-state index contributed by atoms with van der Waals surface area (Å²) in [6.07, 6.45) is 1.04. The van der Waals surface area contributed by atoms with Crippen molar-refractivity contribution in [3.63, 3.8) is 0 Å². The van der Waals surface area contributed by atoms with Gasteiger partial charge in [-0.15, -0.1) is 0 Å². The van der Waals surface area contributed by atoms with Gasteiger partial charge in [-0.1, -0.05) is 12.8 Å². The molecule has 0 aromatic heterocycles. The Morgan fingerprint density at radius 1 is 1.08 bits per heavy atom. The molecule has 4 nitrogen and oxygen atoms in total. The molecule has 0 unspecified atom stereocenters. The summed E-state index contributed by atoms with van der Waals surface area (Å²) in [5, 5.41) is 0. The highest BCUT2D eigenvalue weighted by Gasteiger charge is 2.27. The molecule has 0 radical (unpaired) electrons. The van der Waals surface area contributed by atoms with Crippen LogP contribution < -0.4 is 0 Å². The van der Waals surface area contributed by atoms with Gasteiger partial charge in [0.25, 0.3) is 0 Å². The van der Waals surface area contributed by atoms with E-state index in [0.717, 1.165) is 13.0 Å². The van der Waals surface area contributed by atoms with Crippen LogP contribution >= 0.6 is 0 Å². The van der Waals surface area contributed by atoms with E-state index < -0.39 is 12.6 Å². The SMILES string of the molecule is CN(CC(=O)N1CCCN(CCCC(F)(F)F)CC1)C1CCCC1. The lowest BCUT2D eigenvalue weighted by atomic mass is 10.2. The number of halogens is 3. The van der Waals surface area contributed by atoms with Crippen molar-refractivity contribution in [2.75, 3.05) is 46.3 Å². The first-order valence-corrected chi connectivity index (χ1v) is 9.12. The van der Waals surface area contributed by atoms with Crippen LogP contribution in [0.1, 0.15) is 44.9 Å². The van der Waals surface area contributed by atoms with Gasteiger partial charge < -0.3 is 9.80 Å². The van der Waals surface area contributed by atoms with Gasteiger partial charge >= 0.3 is 6.18 Å². The summed E-state index contributed by atoms with van der Waals surface area (Å²) in [6, 6.07) is 0.528. The molecule has 1 aliphatic carbocycles. The van der Waals surface area contributed by atoms with Gasteiger partial charge in [0.2, 0.25) is 5.91 Å². The predicted molar refractivity (Wildman–Crippen MR) is 87.8 cm³/mol. The fourth-order valence-corrected chi connectivity index (χ4v) is 3.73. The summed E-state index contributed by atoms with van der Waals surface area (Å²) in [5.74, 6) is 0.154. The number of carbonyl (C=O) groups is 1. The number of rotatable bonds is 6. The zero-order valence-corrected chi connectivity index (χ0v) is 14.7. The van der Waals surface area contributed by atoms with Crippen molar-refractivity contribution in [2.24, 2.45) is 0 Å². The number of alkyl halides is 3. The average Bonchev–Trinajstić information content (AvgIpc) is 2.93. The predicted octanol–water partition coefficient (Wildman–Crippen LogP) is 2.74. The van der Waals surface area contributed by atoms with Crippen LogP contribution in [0.2, 0.25) is 0 Å². The molecule has 1 aliphatic heterocycles. The lowest BCUT2D eigenvalue weighted by Gasteiger charge is -2.27. The first kappa shape index (κ1) is 19.5. The van der Waals surface area contributed by atoms with E-state index in [1.54, 1.807) is 0 Å². The molecule has 1 amide bonds. The van der Waals surface area contributed by atoms with Crippen molar-refractivity contribution in [3.8, 4) is 0 Å². The molecule has 2 rings (SSSR count). The summed E-state index contributed by atoms with van der Waals surface area (Å²) in [7, 11) is 2.02. The van der Waals surface area contributed by atoms with Crippen molar-refractivity contribution >= 4 is 5.91 Å². The van der Waals surface area contributed by atoms with E-state index in [9.17, 15) is 18.0 Å². The third-order valence-corrected chi connectivity index (χ3v) is 5.21. The molecular weight excluding hydrogens is 319 g/mol. The van der Waals surface area contributed by atoms with Crippen LogP contribution in [-0.2, 0) is 4.79 Å². The quantitative estimate of drug-likeness (QED) is 0.738. The molecule has 2 aliphatic rings. The summed E-state index contributed by atoms with van der Waals surface area (Å²) in [5.41, 5.74) is 0. The van der Waals surface area contributed by atoms with Crippen LogP contribution in [0.4, 0.5) is 13.2 Å². The Morgan fingerprint density at radius 3 is 2.46 bits per heavy atom. The van der Waals surface area contributed by atoms with Crippen molar-refractivity contribution in [1.29, 1.82) is 0 Å². The molecule has 24 heavy (non-hydrogen) atoms. The van der Waals surface area contributed by atoms with Crippen LogP contribution in [0.25, 0.3) is 0 Å². The Hall–Kier alpha value is -0.820. The maximum absolute atomic E-state index is 12.5. The number of likely N-dealkylation sites (N-methyl/N-ethyl adjacent to an activating group) is 1. The second-order valence-corrected chi connectivity index (χ2v) is 7.15. The first-order valence-electron chi connectivity index (χ1n) is 9.12. The van der Waals surface area contributed by atoms with E-state index >= 15 is 0 Å². The smallest absolute Gasteiger partial charge is 0.340 e. The van der Waals surface area contributed by atoms with Crippen molar-refractivity contribution in [1.82, 2.24) is 14.7 Å². The van der Waals surface area contributed by atoms with E-state index in [1.165, 1.54) is 25.7 Å². The molecule has 2 fully saturated rings. The third kappa shape index (κ3) is 6.59. The van der Waals surface area contributed by atoms with Gasteiger partial charge in [0.1, 0.15) is 0 Å². The second kappa shape index (κ2) is 9.04. The molecule has 1 heterocycles. The molecule has 0 aromatic carbocycles. The number of amides is 1. The van der Waals surface area contributed by atoms with Crippen molar-refractivity contribution in [3.05, 3.63) is 0 Å². The Labute approximate surface area is 143 Å². The average molecular weight is 349 g/mol. The maximum Gasteiger partial charge on any atom is 0.389 e. The van der Waals surface area contributed by atoms with Gasteiger partial charge in [-0.2, -0.15) is 13.2 Å². The minimum absolute atomic E-state index is 0.141. The molecule has 140 valence electrons. The molecule has 0 N–H and O–H groups in total. The summed E-state index contributed by atoms with van der Waals surface area (Å²) >= 11 is 0. The number of hydrogen-bond donors (Lipinski definition) is 0. The van der Waals surface area contributed by atoms with Crippen molar-refractivity contribution in [2.45, 2.75) is 57.2 Å². The van der Waals surface area contributed by atoms with Crippen LogP contribution in [-0.4, -0.2) is 79.1 Å². The lowest BCUT2D eigenvalue weighted by Crippen LogP contribution is -2.43. The minimum atomic E-state index is -4.07. The van der Waals surface area contributed by atoms with E-state index in [2.05, 4.69) is 9.80 Å². The van der Waals surface area contributed by atoms with E-state index in [1.807, 2.05) is 11.9 Å². The molecular formula is C17H30F3N3O. The molecule has 1 saturated carbocycles. The molecule has 1 saturated heterocycles. The fourth-order valence-electron chi connectivity index (χ4n) is 3.73. The van der Waals surface area contributed by atoms with Crippen LogP contribution in [0.3, 0.4) is 0 Å². The number of nitrogens with zero attached hydrogens (tertiary/aromatic N) is 3. The van der Waals surface area contributed by atoms with E-state index in [4.69, 9.17) is 0 Å². The van der Waals surface area contributed by atoms with Gasteiger partial charge in [-0.05, 0) is 45.8 Å². The summed E-state index contributed by atoms with van der Waals surface area (Å²) in [6.45, 7) is 3.72. The van der Waals surface area contributed by atoms with Gasteiger partial charge in [0.15, 0.2) is 0 Å². The molecule has 7 heteroatoms. The van der Waals surface area contributed by atoms with E-state index in [-0.39, 0.29) is 12.3 Å². The summed E-state index contributed by atoms with van der Waals surface area (Å²) < 4.78 is 36.7. The Balaban J connectivity index is 1.70. The molecule has 0 bridgehead atoms. The first-order chi connectivity index (χ1) is 11.3. The number of carbonyl (C=O) groups excluding carboxylic acids is 1. The van der Waals surface area contributed by atoms with Gasteiger partial charge in [0.05, 0.1) is 6.54 Å². The van der Waals surface area contributed by atoms with E-state index in [0.29, 0.717) is 38.8 Å². The topological polar surface area (TPSA) is 26.8 Å². The zero-order chi connectivity index (χ0) is 17.6. The molecule has 0 atom stereocenters. The largest absolute Gasteiger partial charge is 0.389 e. The maximum atomic E-state index is 12.5. The van der Waals surface area contributed by atoms with Gasteiger partial charge in [0, 0.05) is 32.1 Å². The Kier molecular flexibility index (Phi) is 7.34. The van der Waals surface area contributed by atoms with Crippen molar-refractivity contribution < 1.29 is 18.0 Å². The Morgan fingerprint density at radius 2 is 1.79 bits per heavy atom. The van der Waals surface area contributed by atoms with Crippen LogP contribution in [0.15, 0.2) is 0 Å². The highest BCUT2D eigenvalue weighted by molar-refractivity contribution is 5.78. The Bertz CT molecular complexity index is 397. The minimum Gasteiger partial charge on any atom is -0.340 e. The zero-order valence-electron chi connectivity index (χ0n) is 14.7. The standard InChI is InChI=1S/C17H30F3N3O/c1-21(15-6-2-3-7-15)14-16(24)23-11-5-10-22(12-13-23)9-4-8-17(18,19)20/h15H,2-14H2,1H3. The lowest BCUT2D eigenvalue weighted by molar-refractivity contribution is -0.136. The summed E-state index contributed by atoms with van der Waals surface area (Å²) in [4.78, 5) is 18.6. The number of hydrogen-bond acceptors (Lipinski definition) is 3. The third-order valence-electron chi connectivity index (χ3n) is 5.21. The molecule has 0 spiro atoms. The van der Waals surface area contributed by atoms with Crippen LogP contribution in [0.5, 0.6) is 0 Å². The van der Waals surface area contributed by atoms with Gasteiger partial charge in [-0.3, -0.25) is 9.69 Å².